The van der Waals surface area contributed by atoms with Crippen LogP contribution >= 0.6 is 0 Å². The fourth-order valence-corrected chi connectivity index (χ4v) is 9.58. The van der Waals surface area contributed by atoms with Crippen molar-refractivity contribution in [2.45, 2.75) is 138 Å². The largest absolute Gasteiger partial charge is 0.347 e. The van der Waals surface area contributed by atoms with E-state index in [0.29, 0.717) is 0 Å². The Labute approximate surface area is 387 Å². The lowest BCUT2D eigenvalue weighted by molar-refractivity contribution is -0.141. The van der Waals surface area contributed by atoms with E-state index >= 15 is 0 Å². The number of aryl methyl sites for hydroxylation is 2. The van der Waals surface area contributed by atoms with Crippen molar-refractivity contribution in [3.05, 3.63) is 83.4 Å². The van der Waals surface area contributed by atoms with Gasteiger partial charge in [-0.3, -0.25) is 28.8 Å². The second-order valence-electron chi connectivity index (χ2n) is 17.9. The van der Waals surface area contributed by atoms with Gasteiger partial charge in [0, 0.05) is 19.5 Å². The standard InChI is InChI=1S/C49H66N10O7/c1-7-15-39(56-43(60)29(3)50-5)47(64)58-27-33(25-41(58)45(62)54-37-23-13-19-31-17-9-11-21-35(31)37)52-49(66)53-34-26-42(46(63)55-38-24-14-20-32-18-10-12-22-36(32)38)59(28-34)48(65)40(16-8-2)57-44(61)30(4)51-6/h1,8-12,17-18,21-22,29-30,33-34,37-42,50-51H,2,13-16,19-20,23-28H2,3-6H3,(H,54,62)(H,55,63)(H,56,60)(H,57,61)(H2,52,53,66)/t29-,30-,33-,34-,37+,38+,39-,40-,41-,42-/m0/s1. The molecule has 0 bridgehead atoms. The van der Waals surface area contributed by atoms with Crippen molar-refractivity contribution >= 4 is 41.5 Å². The first-order valence-corrected chi connectivity index (χ1v) is 23.2. The predicted molar refractivity (Wildman–Crippen MR) is 249 cm³/mol. The molecular weight excluding hydrogens is 841 g/mol. The number of nitrogens with one attached hydrogen (secondary N) is 8. The summed E-state index contributed by atoms with van der Waals surface area (Å²) in [6.45, 7) is 7.02. The molecule has 4 aliphatic rings. The summed E-state index contributed by atoms with van der Waals surface area (Å²) in [5.41, 5.74) is 4.35. The van der Waals surface area contributed by atoms with Gasteiger partial charge in [0.15, 0.2) is 0 Å². The van der Waals surface area contributed by atoms with Crippen LogP contribution < -0.4 is 42.5 Å². The summed E-state index contributed by atoms with van der Waals surface area (Å²) in [5.74, 6) is -0.177. The number of amides is 8. The zero-order valence-corrected chi connectivity index (χ0v) is 38.5. The fourth-order valence-electron chi connectivity index (χ4n) is 9.58. The molecule has 10 atom stereocenters. The molecule has 2 fully saturated rings. The highest BCUT2D eigenvalue weighted by Crippen LogP contribution is 2.32. The van der Waals surface area contributed by atoms with E-state index in [1.54, 1.807) is 27.9 Å². The van der Waals surface area contributed by atoms with Crippen molar-refractivity contribution in [2.75, 3.05) is 27.2 Å². The summed E-state index contributed by atoms with van der Waals surface area (Å²) < 4.78 is 0. The van der Waals surface area contributed by atoms with Crippen LogP contribution in [0.2, 0.25) is 0 Å². The van der Waals surface area contributed by atoms with Gasteiger partial charge >= 0.3 is 6.03 Å². The molecule has 2 aliphatic heterocycles. The molecule has 2 aromatic rings. The van der Waals surface area contributed by atoms with E-state index in [4.69, 9.17) is 6.42 Å². The minimum absolute atomic E-state index is 0.0294. The van der Waals surface area contributed by atoms with Crippen LogP contribution in [0.1, 0.15) is 99.6 Å². The zero-order chi connectivity index (χ0) is 47.5. The number of hydrogen-bond acceptors (Lipinski definition) is 9. The Bertz CT molecular complexity index is 2180. The Morgan fingerprint density at radius 1 is 0.697 bits per heavy atom. The van der Waals surface area contributed by atoms with Gasteiger partial charge in [-0.05, 0) is 108 Å². The van der Waals surface area contributed by atoms with E-state index in [9.17, 15) is 33.6 Å². The lowest BCUT2D eigenvalue weighted by Crippen LogP contribution is -2.56. The lowest BCUT2D eigenvalue weighted by atomic mass is 9.87. The molecule has 0 radical (unpaired) electrons. The number of likely N-dealkylation sites (N-methyl/N-ethyl adjacent to an activating group) is 2. The SMILES string of the molecule is C#CC[C@H](NC(=O)[C@H](C)NC)C(=O)N1C[C@@H](NC(=O)N[C@H]2C[C@@H](C(=O)N[C@@H]3CCCc4ccccc43)N(C(=O)[C@H](CC=C)NC(=O)[C@H](C)NC)C2)C[C@H]1C(=O)N[C@@H]1CCCc2ccccc21. The fraction of sp³-hybridized carbons (Fsp3) is 0.531. The van der Waals surface area contributed by atoms with Crippen LogP contribution in [-0.2, 0) is 41.6 Å². The third-order valence-electron chi connectivity index (χ3n) is 13.4. The number of hydrogen-bond donors (Lipinski definition) is 8. The number of rotatable bonds is 17. The van der Waals surface area contributed by atoms with E-state index in [1.165, 1.54) is 15.9 Å². The van der Waals surface area contributed by atoms with E-state index < -0.39 is 83.9 Å². The van der Waals surface area contributed by atoms with Crippen molar-refractivity contribution in [3.8, 4) is 12.3 Å². The second kappa shape index (κ2) is 22.8. The van der Waals surface area contributed by atoms with Crippen LogP contribution in [0.15, 0.2) is 61.2 Å². The number of carbonyl (C=O) groups is 7. The zero-order valence-electron chi connectivity index (χ0n) is 38.5. The first kappa shape index (κ1) is 49.2. The third-order valence-corrected chi connectivity index (χ3v) is 13.4. The quantitative estimate of drug-likeness (QED) is 0.0849. The number of benzene rings is 2. The Hall–Kier alpha value is -6.25. The molecule has 8 N–H and O–H groups in total. The van der Waals surface area contributed by atoms with Gasteiger partial charge < -0.3 is 52.3 Å². The van der Waals surface area contributed by atoms with Crippen LogP contribution in [0, 0.1) is 12.3 Å². The molecule has 354 valence electrons. The Balaban J connectivity index is 1.20. The smallest absolute Gasteiger partial charge is 0.315 e. The van der Waals surface area contributed by atoms with Crippen LogP contribution in [0.25, 0.3) is 0 Å². The van der Waals surface area contributed by atoms with Gasteiger partial charge in [-0.25, -0.2) is 4.79 Å². The maximum Gasteiger partial charge on any atom is 0.315 e. The highest BCUT2D eigenvalue weighted by molar-refractivity contribution is 5.95. The molecular formula is C49H66N10O7. The summed E-state index contributed by atoms with van der Waals surface area (Å²) in [4.78, 5) is 99.9. The molecule has 66 heavy (non-hydrogen) atoms. The summed E-state index contributed by atoms with van der Waals surface area (Å²) >= 11 is 0. The molecule has 8 amide bonds. The van der Waals surface area contributed by atoms with E-state index in [-0.39, 0.29) is 56.8 Å². The van der Waals surface area contributed by atoms with Gasteiger partial charge in [0.1, 0.15) is 24.2 Å². The number of fused-ring (bicyclic) bond motifs is 2. The maximum absolute atomic E-state index is 14.3. The summed E-state index contributed by atoms with van der Waals surface area (Å²) in [7, 11) is 3.25. The van der Waals surface area contributed by atoms with Gasteiger partial charge in [-0.1, -0.05) is 54.6 Å². The van der Waals surface area contributed by atoms with E-state index in [2.05, 4.69) is 61.1 Å². The maximum atomic E-state index is 14.3. The third kappa shape index (κ3) is 11.8. The Kier molecular flexibility index (Phi) is 17.0. The van der Waals surface area contributed by atoms with Crippen LogP contribution in [0.3, 0.4) is 0 Å². The molecule has 0 saturated carbocycles. The summed E-state index contributed by atoms with van der Waals surface area (Å²) in [6, 6.07) is 8.02. The van der Waals surface area contributed by atoms with Crippen molar-refractivity contribution in [3.63, 3.8) is 0 Å². The number of terminal acetylenes is 1. The van der Waals surface area contributed by atoms with Crippen LogP contribution in [0.5, 0.6) is 0 Å². The molecule has 6 rings (SSSR count). The van der Waals surface area contributed by atoms with Crippen molar-refractivity contribution in [1.29, 1.82) is 0 Å². The summed E-state index contributed by atoms with van der Waals surface area (Å²) in [5, 5.41) is 23.5. The number of likely N-dealkylation sites (tertiary alicyclic amines) is 2. The molecule has 0 aromatic heterocycles. The average molecular weight is 907 g/mol. The first-order valence-electron chi connectivity index (χ1n) is 23.2. The first-order chi connectivity index (χ1) is 31.8. The highest BCUT2D eigenvalue weighted by atomic mass is 16.2. The van der Waals surface area contributed by atoms with Crippen LogP contribution in [-0.4, -0.2) is 127 Å². The van der Waals surface area contributed by atoms with Crippen molar-refractivity contribution in [2.24, 2.45) is 0 Å². The molecule has 2 aromatic carbocycles. The summed E-state index contributed by atoms with van der Waals surface area (Å²) in [6.07, 6.45) is 12.3. The minimum Gasteiger partial charge on any atom is -0.347 e. The predicted octanol–water partition coefficient (Wildman–Crippen LogP) is 1.40. The van der Waals surface area contributed by atoms with E-state index in [1.807, 2.05) is 42.5 Å². The molecule has 2 aliphatic carbocycles. The monoisotopic (exact) mass is 907 g/mol. The Morgan fingerprint density at radius 3 is 1.58 bits per heavy atom. The molecule has 0 unspecified atom stereocenters. The van der Waals surface area contributed by atoms with Gasteiger partial charge in [0.05, 0.1) is 36.3 Å². The Morgan fingerprint density at radius 2 is 1.14 bits per heavy atom. The molecule has 0 spiro atoms. The van der Waals surface area contributed by atoms with Crippen LogP contribution in [0.4, 0.5) is 4.79 Å². The van der Waals surface area contributed by atoms with Gasteiger partial charge in [0.25, 0.3) is 0 Å². The van der Waals surface area contributed by atoms with Gasteiger partial charge in [-0.15, -0.1) is 18.9 Å². The molecule has 2 saturated heterocycles. The number of urea groups is 1. The van der Waals surface area contributed by atoms with Gasteiger partial charge in [-0.2, -0.15) is 0 Å². The number of nitrogens with zero attached hydrogens (tertiary/aromatic N) is 2. The highest BCUT2D eigenvalue weighted by Gasteiger charge is 2.46. The number of carbonyl (C=O) groups excluding carboxylic acids is 7. The topological polar surface area (TPSA) is 222 Å². The van der Waals surface area contributed by atoms with E-state index in [0.717, 1.165) is 60.8 Å². The molecule has 2 heterocycles. The van der Waals surface area contributed by atoms with Crippen molar-refractivity contribution < 1.29 is 33.6 Å². The molecule has 17 heteroatoms. The average Bonchev–Trinajstić information content (AvgIpc) is 3.95. The lowest BCUT2D eigenvalue weighted by Gasteiger charge is -2.31. The van der Waals surface area contributed by atoms with Gasteiger partial charge in [0.2, 0.25) is 35.4 Å². The second-order valence-corrected chi connectivity index (χ2v) is 17.9. The normalized spacial score (nSPS) is 23.9. The van der Waals surface area contributed by atoms with Crippen molar-refractivity contribution in [1.82, 2.24) is 52.3 Å². The minimum atomic E-state index is -1.13. The molecule has 17 nitrogen and oxygen atoms in total.